The molecule has 0 radical (unpaired) electrons. The summed E-state index contributed by atoms with van der Waals surface area (Å²) in [4.78, 5) is 0. The van der Waals surface area contributed by atoms with Gasteiger partial charge in [0.05, 0.1) is 24.7 Å². The summed E-state index contributed by atoms with van der Waals surface area (Å²) in [5.41, 5.74) is 0. The van der Waals surface area contributed by atoms with Crippen molar-refractivity contribution in [3.8, 4) is 0 Å². The van der Waals surface area contributed by atoms with Gasteiger partial charge in [0.15, 0.2) is 0 Å². The van der Waals surface area contributed by atoms with Gasteiger partial charge in [-0.15, -0.1) is 0 Å². The largest absolute Gasteiger partial charge is 0.0623 e. The maximum absolute atomic E-state index is 7.86. The van der Waals surface area contributed by atoms with Crippen LogP contribution in [0.5, 0.6) is 0 Å². The molecule has 1 aromatic carbocycles. The van der Waals surface area contributed by atoms with Crippen molar-refractivity contribution in [2.24, 2.45) is 0 Å². The lowest BCUT2D eigenvalue weighted by molar-refractivity contribution is 1.72. The zero-order valence-corrected chi connectivity index (χ0v) is 9.00. The molecule has 0 amide bonds. The summed E-state index contributed by atoms with van der Waals surface area (Å²) >= 11 is 0. The molecule has 1 aromatic rings. The lowest BCUT2D eigenvalue weighted by Crippen LogP contribution is -1.47. The summed E-state index contributed by atoms with van der Waals surface area (Å²) in [6.45, 7) is 0. The minimum absolute atomic E-state index is 1.19. The second-order valence-electron chi connectivity index (χ2n) is 2.25. The number of hydrogen-bond donors (Lipinski definition) is 0. The van der Waals surface area contributed by atoms with Crippen molar-refractivity contribution in [3.63, 3.8) is 0 Å². The van der Waals surface area contributed by atoms with Crippen molar-refractivity contribution in [2.75, 3.05) is 0 Å². The lowest BCUT2D eigenvalue weighted by Gasteiger charge is -1.69. The first kappa shape index (κ1) is 2.97. The molecular formula is C18H18. The average molecular weight is 252 g/mol. The molecule has 0 bridgehead atoms. The van der Waals surface area contributed by atoms with Gasteiger partial charge in [-0.2, -0.15) is 0 Å². The second-order valence-corrected chi connectivity index (χ2v) is 2.25. The third-order valence-electron chi connectivity index (χ3n) is 1.12. The standard InChI is InChI=1S/C18H18/c1-2-4-6-8-10-12-14-16-18-17-15-13-11-9-7-5-3-1/h1-18H/i1D,2D,3D,4D,5D,6D,7D,8D,9D,10D,11D,12D,13D,14D,15D,16D,17D,18D. The SMILES string of the molecule is [2H]c1c([2H])c([2H])c([2H])c([2H])c([2H])c([2H])c([2H])c([2H])c([2H])c([2H])c([2H])c([2H])c([2H])c([2H])c([2H])c([2H])c1[2H]. The fraction of sp³-hybridized carbons (Fsp3) is 0. The Balaban J connectivity index is 4.85. The second kappa shape index (κ2) is 11.2. The van der Waals surface area contributed by atoms with E-state index in [0.717, 1.165) is 0 Å². The molecule has 0 saturated carbocycles. The maximum atomic E-state index is 7.86. The van der Waals surface area contributed by atoms with Crippen LogP contribution in [0.25, 0.3) is 0 Å². The van der Waals surface area contributed by atoms with Gasteiger partial charge in [0.2, 0.25) is 0 Å². The van der Waals surface area contributed by atoms with E-state index in [0.29, 0.717) is 0 Å². The predicted molar refractivity (Wildman–Crippen MR) is 79.3 cm³/mol. The van der Waals surface area contributed by atoms with E-state index in [2.05, 4.69) is 0 Å². The molecule has 0 atom stereocenters. The summed E-state index contributed by atoms with van der Waals surface area (Å²) in [5.74, 6) is 0. The molecule has 18 heavy (non-hydrogen) atoms. The quantitative estimate of drug-likeness (QED) is 0.605. The van der Waals surface area contributed by atoms with Crippen molar-refractivity contribution in [2.45, 2.75) is 0 Å². The summed E-state index contributed by atoms with van der Waals surface area (Å²) in [6.07, 6.45) is 0. The van der Waals surface area contributed by atoms with Gasteiger partial charge >= 0.3 is 0 Å². The molecule has 0 aliphatic carbocycles. The fourth-order valence-corrected chi connectivity index (χ4v) is 0.562. The van der Waals surface area contributed by atoms with Crippen LogP contribution >= 0.6 is 0 Å². The summed E-state index contributed by atoms with van der Waals surface area (Å²) in [5, 5.41) is 0. The Hall–Kier alpha value is -2.34. The first-order valence-corrected chi connectivity index (χ1v) is 4.50. The molecule has 0 N–H and O–H groups in total. The van der Waals surface area contributed by atoms with Crippen LogP contribution < -0.4 is 0 Å². The molecule has 0 unspecified atom stereocenters. The van der Waals surface area contributed by atoms with Gasteiger partial charge in [-0.25, -0.2) is 0 Å². The molecule has 0 aliphatic heterocycles. The first-order chi connectivity index (χ1) is 16.4. The van der Waals surface area contributed by atoms with Crippen LogP contribution in [0.15, 0.2) is 109 Å². The van der Waals surface area contributed by atoms with Crippen molar-refractivity contribution in [1.29, 1.82) is 0 Å². The smallest absolute Gasteiger partial charge is 0.0623 e. The first-order valence-electron chi connectivity index (χ1n) is 13.5. The van der Waals surface area contributed by atoms with Gasteiger partial charge in [-0.3, -0.25) is 0 Å². The van der Waals surface area contributed by atoms with Gasteiger partial charge in [-0.05, 0) is 0 Å². The van der Waals surface area contributed by atoms with Gasteiger partial charge < -0.3 is 0 Å². The minimum Gasteiger partial charge on any atom is -0.0623 e. The maximum Gasteiger partial charge on any atom is 0.0623 e. The Labute approximate surface area is 135 Å². The molecule has 0 heteroatoms. The van der Waals surface area contributed by atoms with Crippen LogP contribution in [0.2, 0.25) is 0 Å². The van der Waals surface area contributed by atoms with Crippen LogP contribution in [0.4, 0.5) is 0 Å². The molecule has 0 saturated heterocycles. The van der Waals surface area contributed by atoms with Crippen LogP contribution in [0, 0.1) is 0 Å². The van der Waals surface area contributed by atoms with Crippen LogP contribution in [0.1, 0.15) is 24.7 Å². The van der Waals surface area contributed by atoms with Gasteiger partial charge in [-0.1, -0.05) is 109 Å². The van der Waals surface area contributed by atoms with E-state index in [1.165, 1.54) is 0 Å². The molecule has 0 spiro atoms. The van der Waals surface area contributed by atoms with Crippen molar-refractivity contribution >= 4 is 0 Å². The molecule has 1 rings (SSSR count). The monoisotopic (exact) mass is 252 g/mol. The molecule has 0 fully saturated rings. The Bertz CT molecular complexity index is 839. The summed E-state index contributed by atoms with van der Waals surface area (Å²) in [6, 6.07) is -21.5. The molecular weight excluding hydrogens is 216 g/mol. The highest BCUT2D eigenvalue weighted by Crippen LogP contribution is 1.81. The van der Waals surface area contributed by atoms with E-state index in [1.807, 2.05) is 0 Å². The number of rotatable bonds is 0. The third kappa shape index (κ3) is 8.93. The predicted octanol–water partition coefficient (Wildman–Crippen LogP) is 5.06. The normalized spacial score (nSPS) is 22.0. The molecule has 0 aromatic heterocycles. The number of hydrogen-bond acceptors (Lipinski definition) is 0. The molecule has 0 nitrogen and oxygen atoms in total. The summed E-state index contributed by atoms with van der Waals surface area (Å²) < 4.78 is 141. The van der Waals surface area contributed by atoms with Crippen molar-refractivity contribution in [1.82, 2.24) is 0 Å². The Morgan fingerprint density at radius 3 is 0.333 bits per heavy atom. The zero-order chi connectivity index (χ0) is 28.4. The molecule has 0 aliphatic rings. The van der Waals surface area contributed by atoms with Crippen molar-refractivity contribution < 1.29 is 24.7 Å². The van der Waals surface area contributed by atoms with Crippen LogP contribution in [0.3, 0.4) is 0 Å². The van der Waals surface area contributed by atoms with E-state index in [4.69, 9.17) is 24.7 Å². The summed E-state index contributed by atoms with van der Waals surface area (Å²) in [7, 11) is 0. The van der Waals surface area contributed by atoms with Gasteiger partial charge in [0.25, 0.3) is 0 Å². The Kier molecular flexibility index (Phi) is 1.84. The molecule has 90 valence electrons. The highest BCUT2D eigenvalue weighted by Gasteiger charge is 1.59. The van der Waals surface area contributed by atoms with E-state index in [-0.39, 0.29) is 0 Å². The highest BCUT2D eigenvalue weighted by atomic mass is 13.7. The lowest BCUT2D eigenvalue weighted by atomic mass is 10.4. The van der Waals surface area contributed by atoms with Crippen molar-refractivity contribution in [3.05, 3.63) is 109 Å². The van der Waals surface area contributed by atoms with E-state index in [9.17, 15) is 0 Å². The highest BCUT2D eigenvalue weighted by molar-refractivity contribution is 5.00. The topological polar surface area (TPSA) is 0 Å². The molecule has 0 heterocycles. The fourth-order valence-electron chi connectivity index (χ4n) is 0.562. The average Bonchev–Trinajstić information content (AvgIpc) is 2.88. The zero-order valence-electron chi connectivity index (χ0n) is 27.0. The van der Waals surface area contributed by atoms with E-state index < -0.39 is 109 Å². The Morgan fingerprint density at radius 1 is 0.222 bits per heavy atom. The van der Waals surface area contributed by atoms with Gasteiger partial charge in [0.1, 0.15) is 0 Å². The van der Waals surface area contributed by atoms with Gasteiger partial charge in [0, 0.05) is 0 Å². The van der Waals surface area contributed by atoms with E-state index >= 15 is 0 Å². The Morgan fingerprint density at radius 2 is 0.278 bits per heavy atom. The minimum atomic E-state index is -1.19. The third-order valence-corrected chi connectivity index (χ3v) is 1.12. The van der Waals surface area contributed by atoms with Crippen LogP contribution in [-0.2, 0) is 0 Å². The van der Waals surface area contributed by atoms with E-state index in [1.54, 1.807) is 0 Å². The van der Waals surface area contributed by atoms with Crippen LogP contribution in [-0.4, -0.2) is 0 Å².